The van der Waals surface area contributed by atoms with Gasteiger partial charge in [0.2, 0.25) is 0 Å². The number of benzene rings is 3. The molecular formula is C23H16N2. The van der Waals surface area contributed by atoms with Crippen molar-refractivity contribution in [1.29, 1.82) is 0 Å². The van der Waals surface area contributed by atoms with Gasteiger partial charge in [-0.15, -0.1) is 0 Å². The molecule has 0 bridgehead atoms. The van der Waals surface area contributed by atoms with E-state index in [9.17, 15) is 0 Å². The number of rotatable bonds is 2. The molecule has 3 aromatic carbocycles. The van der Waals surface area contributed by atoms with Gasteiger partial charge in [0.05, 0.1) is 11.4 Å². The standard InChI is InChI=1S/C23H16N2/c1-2-8-16(9-3-1)22-14-17-10-4-5-11-18(17)23(25-22)20-15-24-21-13-7-6-12-19(20)21/h1-15,24H. The van der Waals surface area contributed by atoms with Gasteiger partial charge >= 0.3 is 0 Å². The minimum Gasteiger partial charge on any atom is -0.360 e. The lowest BCUT2D eigenvalue weighted by molar-refractivity contribution is 1.35. The van der Waals surface area contributed by atoms with Gasteiger partial charge < -0.3 is 4.98 Å². The van der Waals surface area contributed by atoms with Crippen LogP contribution in [0.1, 0.15) is 0 Å². The maximum atomic E-state index is 5.04. The van der Waals surface area contributed by atoms with Gasteiger partial charge in [-0.1, -0.05) is 72.8 Å². The molecule has 2 aromatic heterocycles. The molecule has 5 rings (SSSR count). The molecule has 1 N–H and O–H groups in total. The number of aromatic nitrogens is 2. The van der Waals surface area contributed by atoms with Crippen LogP contribution in [0.4, 0.5) is 0 Å². The predicted molar refractivity (Wildman–Crippen MR) is 104 cm³/mol. The summed E-state index contributed by atoms with van der Waals surface area (Å²) in [6.07, 6.45) is 2.06. The number of aromatic amines is 1. The number of hydrogen-bond acceptors (Lipinski definition) is 1. The third-order valence-electron chi connectivity index (χ3n) is 4.65. The SMILES string of the molecule is c1ccc(-c2cc3ccccc3c(-c3c[nH]c4ccccc34)n2)cc1. The average Bonchev–Trinajstić information content (AvgIpc) is 3.12. The summed E-state index contributed by atoms with van der Waals surface area (Å²) < 4.78 is 0. The number of nitrogens with one attached hydrogen (secondary N) is 1. The Morgan fingerprint density at radius 3 is 2.28 bits per heavy atom. The van der Waals surface area contributed by atoms with Crippen LogP contribution in [0.5, 0.6) is 0 Å². The van der Waals surface area contributed by atoms with E-state index in [1.165, 1.54) is 16.2 Å². The molecule has 0 aliphatic rings. The smallest absolute Gasteiger partial charge is 0.0809 e. The van der Waals surface area contributed by atoms with Gasteiger partial charge in [-0.3, -0.25) is 0 Å². The first-order valence-electron chi connectivity index (χ1n) is 8.42. The zero-order valence-corrected chi connectivity index (χ0v) is 13.6. The van der Waals surface area contributed by atoms with E-state index in [4.69, 9.17) is 4.98 Å². The van der Waals surface area contributed by atoms with Crippen molar-refractivity contribution >= 4 is 21.7 Å². The number of pyridine rings is 1. The van der Waals surface area contributed by atoms with Crippen LogP contribution in [0.2, 0.25) is 0 Å². The molecule has 5 aromatic rings. The second-order valence-corrected chi connectivity index (χ2v) is 6.19. The zero-order valence-electron chi connectivity index (χ0n) is 13.6. The van der Waals surface area contributed by atoms with Gasteiger partial charge in [-0.05, 0) is 17.5 Å². The van der Waals surface area contributed by atoms with E-state index in [-0.39, 0.29) is 0 Å². The number of nitrogens with zero attached hydrogens (tertiary/aromatic N) is 1. The summed E-state index contributed by atoms with van der Waals surface area (Å²) in [7, 11) is 0. The second-order valence-electron chi connectivity index (χ2n) is 6.19. The molecule has 2 nitrogen and oxygen atoms in total. The van der Waals surface area contributed by atoms with E-state index < -0.39 is 0 Å². The molecule has 0 amide bonds. The molecule has 0 spiro atoms. The number of H-pyrrole nitrogens is 1. The maximum absolute atomic E-state index is 5.04. The average molecular weight is 320 g/mol. The molecule has 0 aliphatic carbocycles. The van der Waals surface area contributed by atoms with E-state index in [1.54, 1.807) is 0 Å². The van der Waals surface area contributed by atoms with Crippen LogP contribution in [0.25, 0.3) is 44.2 Å². The molecular weight excluding hydrogens is 304 g/mol. The third kappa shape index (κ3) is 2.31. The highest BCUT2D eigenvalue weighted by Gasteiger charge is 2.13. The number of fused-ring (bicyclic) bond motifs is 2. The largest absolute Gasteiger partial charge is 0.360 e. The molecule has 25 heavy (non-hydrogen) atoms. The van der Waals surface area contributed by atoms with Crippen LogP contribution in [-0.4, -0.2) is 9.97 Å². The van der Waals surface area contributed by atoms with Gasteiger partial charge in [0, 0.05) is 33.6 Å². The van der Waals surface area contributed by atoms with E-state index in [2.05, 4.69) is 90.0 Å². The lowest BCUT2D eigenvalue weighted by Gasteiger charge is -2.09. The maximum Gasteiger partial charge on any atom is 0.0809 e. The van der Waals surface area contributed by atoms with E-state index in [0.717, 1.165) is 28.0 Å². The molecule has 0 unspecified atom stereocenters. The normalized spacial score (nSPS) is 11.2. The van der Waals surface area contributed by atoms with Crippen molar-refractivity contribution in [3.05, 3.63) is 91.1 Å². The van der Waals surface area contributed by atoms with Crippen molar-refractivity contribution in [2.24, 2.45) is 0 Å². The van der Waals surface area contributed by atoms with Crippen LogP contribution >= 0.6 is 0 Å². The van der Waals surface area contributed by atoms with Gasteiger partial charge in [0.15, 0.2) is 0 Å². The molecule has 0 saturated carbocycles. The fourth-order valence-electron chi connectivity index (χ4n) is 3.43. The molecule has 2 heteroatoms. The van der Waals surface area contributed by atoms with Crippen molar-refractivity contribution in [1.82, 2.24) is 9.97 Å². The lowest BCUT2D eigenvalue weighted by atomic mass is 10.0. The quantitative estimate of drug-likeness (QED) is 0.421. The topological polar surface area (TPSA) is 28.7 Å². The molecule has 0 fully saturated rings. The summed E-state index contributed by atoms with van der Waals surface area (Å²) in [5, 5.41) is 3.58. The first-order valence-corrected chi connectivity index (χ1v) is 8.42. The van der Waals surface area contributed by atoms with E-state index in [0.29, 0.717) is 0 Å². The van der Waals surface area contributed by atoms with Crippen molar-refractivity contribution in [3.63, 3.8) is 0 Å². The predicted octanol–water partition coefficient (Wildman–Crippen LogP) is 6.05. The summed E-state index contributed by atoms with van der Waals surface area (Å²) >= 11 is 0. The highest BCUT2D eigenvalue weighted by molar-refractivity contribution is 6.04. The summed E-state index contributed by atoms with van der Waals surface area (Å²) in [5.74, 6) is 0. The summed E-state index contributed by atoms with van der Waals surface area (Å²) in [6, 6.07) is 29.3. The Labute approximate surface area is 145 Å². The summed E-state index contributed by atoms with van der Waals surface area (Å²) in [5.41, 5.74) is 5.43. The van der Waals surface area contributed by atoms with Crippen molar-refractivity contribution < 1.29 is 0 Å². The first-order chi connectivity index (χ1) is 12.4. The van der Waals surface area contributed by atoms with Gasteiger partial charge in [0.25, 0.3) is 0 Å². The molecule has 2 heterocycles. The molecule has 118 valence electrons. The monoisotopic (exact) mass is 320 g/mol. The third-order valence-corrected chi connectivity index (χ3v) is 4.65. The molecule has 0 atom stereocenters. The van der Waals surface area contributed by atoms with Crippen LogP contribution in [-0.2, 0) is 0 Å². The van der Waals surface area contributed by atoms with Crippen LogP contribution < -0.4 is 0 Å². The minimum absolute atomic E-state index is 1.000. The molecule has 0 radical (unpaired) electrons. The van der Waals surface area contributed by atoms with E-state index >= 15 is 0 Å². The Hall–Kier alpha value is -3.39. The first kappa shape index (κ1) is 14.0. The van der Waals surface area contributed by atoms with Gasteiger partial charge in [-0.2, -0.15) is 0 Å². The molecule has 0 saturated heterocycles. The highest BCUT2D eigenvalue weighted by atomic mass is 14.7. The minimum atomic E-state index is 1.000. The Morgan fingerprint density at radius 1 is 0.680 bits per heavy atom. The Balaban J connectivity index is 1.85. The van der Waals surface area contributed by atoms with Crippen LogP contribution in [0, 0.1) is 0 Å². The Kier molecular flexibility index (Phi) is 3.14. The van der Waals surface area contributed by atoms with Crippen molar-refractivity contribution in [3.8, 4) is 22.5 Å². The zero-order chi connectivity index (χ0) is 16.6. The van der Waals surface area contributed by atoms with E-state index in [1.807, 2.05) is 6.07 Å². The number of hydrogen-bond donors (Lipinski definition) is 1. The second kappa shape index (κ2) is 5.60. The van der Waals surface area contributed by atoms with Gasteiger partial charge in [0.1, 0.15) is 0 Å². The summed E-state index contributed by atoms with van der Waals surface area (Å²) in [6.45, 7) is 0. The van der Waals surface area contributed by atoms with Crippen LogP contribution in [0.3, 0.4) is 0 Å². The summed E-state index contributed by atoms with van der Waals surface area (Å²) in [4.78, 5) is 8.41. The highest BCUT2D eigenvalue weighted by Crippen LogP contribution is 2.34. The van der Waals surface area contributed by atoms with Gasteiger partial charge in [-0.25, -0.2) is 4.98 Å². The fraction of sp³-hybridized carbons (Fsp3) is 0. The fourth-order valence-corrected chi connectivity index (χ4v) is 3.43. The van der Waals surface area contributed by atoms with Crippen molar-refractivity contribution in [2.45, 2.75) is 0 Å². The Bertz CT molecular complexity index is 1190. The van der Waals surface area contributed by atoms with Crippen LogP contribution in [0.15, 0.2) is 91.1 Å². The van der Waals surface area contributed by atoms with Crippen molar-refractivity contribution in [2.75, 3.05) is 0 Å². The number of para-hydroxylation sites is 1. The Morgan fingerprint density at radius 2 is 1.40 bits per heavy atom. The molecule has 0 aliphatic heterocycles. The lowest BCUT2D eigenvalue weighted by Crippen LogP contribution is -1.90.